The van der Waals surface area contributed by atoms with Crippen molar-refractivity contribution in [2.24, 2.45) is 0 Å². The van der Waals surface area contributed by atoms with Crippen LogP contribution in [-0.4, -0.2) is 25.9 Å². The average molecular weight is 424 g/mol. The van der Waals surface area contributed by atoms with E-state index in [1.165, 1.54) is 11.8 Å². The number of benzene rings is 1. The van der Waals surface area contributed by atoms with Crippen molar-refractivity contribution in [2.45, 2.75) is 37.2 Å². The highest BCUT2D eigenvalue weighted by Crippen LogP contribution is 2.26. The predicted molar refractivity (Wildman–Crippen MR) is 114 cm³/mol. The molecule has 1 N–H and O–H groups in total. The molecule has 4 rings (SSSR count). The van der Waals surface area contributed by atoms with Crippen LogP contribution >= 0.6 is 11.8 Å². The highest BCUT2D eigenvalue weighted by molar-refractivity contribution is 8.00. The highest BCUT2D eigenvalue weighted by Gasteiger charge is 2.23. The molecule has 30 heavy (non-hydrogen) atoms. The second-order valence-corrected chi connectivity index (χ2v) is 7.88. The predicted octanol–water partition coefficient (Wildman–Crippen LogP) is 3.84. The van der Waals surface area contributed by atoms with Crippen molar-refractivity contribution in [3.8, 4) is 0 Å². The first-order valence-corrected chi connectivity index (χ1v) is 10.4. The number of hydrogen-bond acceptors (Lipinski definition) is 7. The molecule has 1 aromatic carbocycles. The number of para-hydroxylation sites is 1. The number of carbonyl (C=O) groups is 1. The van der Waals surface area contributed by atoms with Crippen LogP contribution in [-0.2, 0) is 11.3 Å². The summed E-state index contributed by atoms with van der Waals surface area (Å²) < 4.78 is 12.0. The van der Waals surface area contributed by atoms with Gasteiger partial charge < -0.3 is 14.3 Å². The monoisotopic (exact) mass is 424 g/mol. The summed E-state index contributed by atoms with van der Waals surface area (Å²) in [5.41, 5.74) is 0.407. The van der Waals surface area contributed by atoms with E-state index in [0.29, 0.717) is 39.8 Å². The molecule has 0 saturated heterocycles. The fourth-order valence-corrected chi connectivity index (χ4v) is 4.03. The number of nitrogens with zero attached hydrogens (tertiary/aromatic N) is 3. The van der Waals surface area contributed by atoms with E-state index in [9.17, 15) is 9.59 Å². The summed E-state index contributed by atoms with van der Waals surface area (Å²) in [5.74, 6) is 1.36. The number of aromatic nitrogens is 3. The van der Waals surface area contributed by atoms with E-state index >= 15 is 0 Å². The number of nitrogens with one attached hydrogen (secondary N) is 1. The lowest BCUT2D eigenvalue weighted by molar-refractivity contribution is -0.115. The van der Waals surface area contributed by atoms with Crippen LogP contribution in [0.3, 0.4) is 0 Å². The maximum absolute atomic E-state index is 13.2. The van der Waals surface area contributed by atoms with E-state index in [0.717, 1.165) is 0 Å². The summed E-state index contributed by atoms with van der Waals surface area (Å²) in [7, 11) is 0. The Morgan fingerprint density at radius 1 is 1.27 bits per heavy atom. The Hall–Kier alpha value is -3.33. The van der Waals surface area contributed by atoms with Crippen LogP contribution in [0.1, 0.15) is 24.9 Å². The Morgan fingerprint density at radius 3 is 2.80 bits per heavy atom. The van der Waals surface area contributed by atoms with Gasteiger partial charge in [-0.25, -0.2) is 4.98 Å². The van der Waals surface area contributed by atoms with Gasteiger partial charge in [0.1, 0.15) is 11.5 Å². The van der Waals surface area contributed by atoms with Gasteiger partial charge in [-0.3, -0.25) is 14.2 Å². The first-order chi connectivity index (χ1) is 14.5. The molecule has 3 aromatic heterocycles. The molecule has 0 aliphatic carbocycles. The second-order valence-electron chi connectivity index (χ2n) is 6.71. The number of anilines is 1. The third-order valence-corrected chi connectivity index (χ3v) is 5.87. The quantitative estimate of drug-likeness (QED) is 0.355. The van der Waals surface area contributed by atoms with Crippen molar-refractivity contribution in [3.05, 3.63) is 70.6 Å². The lowest BCUT2D eigenvalue weighted by atomic mass is 10.2. The van der Waals surface area contributed by atoms with Gasteiger partial charge in [-0.1, -0.05) is 36.0 Å². The molecule has 1 atom stereocenters. The average Bonchev–Trinajstić information content (AvgIpc) is 3.40. The van der Waals surface area contributed by atoms with E-state index < -0.39 is 5.25 Å². The first kappa shape index (κ1) is 20.0. The smallest absolute Gasteiger partial charge is 0.262 e. The number of thioether (sulfide) groups is 1. The summed E-state index contributed by atoms with van der Waals surface area (Å²) in [6.07, 6.45) is 2.10. The van der Waals surface area contributed by atoms with Crippen LogP contribution in [0.25, 0.3) is 10.9 Å². The summed E-state index contributed by atoms with van der Waals surface area (Å²) >= 11 is 1.24. The number of aryl methyl sites for hydroxylation is 1. The van der Waals surface area contributed by atoms with Crippen molar-refractivity contribution in [3.63, 3.8) is 0 Å². The molecule has 0 aliphatic rings. The van der Waals surface area contributed by atoms with Gasteiger partial charge in [-0.2, -0.15) is 0 Å². The third kappa shape index (κ3) is 4.16. The molecule has 0 aliphatic heterocycles. The van der Waals surface area contributed by atoms with Crippen molar-refractivity contribution >= 4 is 34.4 Å². The number of carbonyl (C=O) groups excluding carboxylic acids is 1. The zero-order chi connectivity index (χ0) is 21.1. The van der Waals surface area contributed by atoms with Crippen LogP contribution in [0.5, 0.6) is 0 Å². The maximum Gasteiger partial charge on any atom is 0.262 e. The molecule has 0 spiro atoms. The van der Waals surface area contributed by atoms with Crippen LogP contribution < -0.4 is 10.9 Å². The second kappa shape index (κ2) is 8.58. The van der Waals surface area contributed by atoms with Crippen molar-refractivity contribution in [1.82, 2.24) is 14.7 Å². The standard InChI is InChI=1S/C21H20N4O4S/c1-3-17(19(26)23-18-11-13(2)29-24-18)30-21-22-16-9-5-4-8-15(16)20(27)25(21)12-14-7-6-10-28-14/h4-11,17H,3,12H2,1-2H3,(H,23,24,26). The fraction of sp³-hybridized carbons (Fsp3) is 0.238. The molecule has 0 bridgehead atoms. The normalized spacial score (nSPS) is 12.2. The third-order valence-electron chi connectivity index (χ3n) is 4.51. The maximum atomic E-state index is 13.2. The van der Waals surface area contributed by atoms with Gasteiger partial charge in [0, 0.05) is 6.07 Å². The Morgan fingerprint density at radius 2 is 2.10 bits per heavy atom. The topological polar surface area (TPSA) is 103 Å². The lowest BCUT2D eigenvalue weighted by Crippen LogP contribution is -2.28. The minimum absolute atomic E-state index is 0.179. The van der Waals surface area contributed by atoms with Gasteiger partial charge in [0.05, 0.1) is 29.0 Å². The molecule has 1 unspecified atom stereocenters. The van der Waals surface area contributed by atoms with Crippen molar-refractivity contribution < 1.29 is 13.7 Å². The fourth-order valence-electron chi connectivity index (χ4n) is 3.02. The largest absolute Gasteiger partial charge is 0.467 e. The van der Waals surface area contributed by atoms with Gasteiger partial charge in [0.15, 0.2) is 11.0 Å². The molecule has 0 fully saturated rings. The zero-order valence-corrected chi connectivity index (χ0v) is 17.3. The summed E-state index contributed by atoms with van der Waals surface area (Å²) in [6.45, 7) is 3.88. The SMILES string of the molecule is CCC(Sc1nc2ccccc2c(=O)n1Cc1ccco1)C(=O)Nc1cc(C)on1. The number of rotatable bonds is 7. The molecule has 8 nitrogen and oxygen atoms in total. The number of fused-ring (bicyclic) bond motifs is 1. The van der Waals surface area contributed by atoms with Gasteiger partial charge in [0.25, 0.3) is 5.56 Å². The van der Waals surface area contributed by atoms with Crippen LogP contribution in [0.15, 0.2) is 67.6 Å². The van der Waals surface area contributed by atoms with E-state index in [-0.39, 0.29) is 18.0 Å². The Balaban J connectivity index is 1.68. The zero-order valence-electron chi connectivity index (χ0n) is 16.5. The number of amides is 1. The Kier molecular flexibility index (Phi) is 5.71. The van der Waals surface area contributed by atoms with Crippen molar-refractivity contribution in [1.29, 1.82) is 0 Å². The first-order valence-electron chi connectivity index (χ1n) is 9.48. The van der Waals surface area contributed by atoms with Crippen LogP contribution in [0.4, 0.5) is 5.82 Å². The molecular formula is C21H20N4O4S. The van der Waals surface area contributed by atoms with E-state index in [2.05, 4.69) is 15.5 Å². The Labute approximate surface area is 176 Å². The van der Waals surface area contributed by atoms with Gasteiger partial charge >= 0.3 is 0 Å². The number of hydrogen-bond donors (Lipinski definition) is 1. The van der Waals surface area contributed by atoms with Crippen LogP contribution in [0, 0.1) is 6.92 Å². The van der Waals surface area contributed by atoms with Gasteiger partial charge in [0.2, 0.25) is 5.91 Å². The van der Waals surface area contributed by atoms with Crippen molar-refractivity contribution in [2.75, 3.05) is 5.32 Å². The summed E-state index contributed by atoms with van der Waals surface area (Å²) in [5, 5.41) is 7.05. The summed E-state index contributed by atoms with van der Waals surface area (Å²) in [4.78, 5) is 30.6. The molecule has 0 radical (unpaired) electrons. The van der Waals surface area contributed by atoms with E-state index in [4.69, 9.17) is 8.94 Å². The molecular weight excluding hydrogens is 404 g/mol. The van der Waals surface area contributed by atoms with Crippen LogP contribution in [0.2, 0.25) is 0 Å². The molecule has 3 heterocycles. The molecule has 9 heteroatoms. The molecule has 1 amide bonds. The molecule has 4 aromatic rings. The minimum atomic E-state index is -0.474. The highest BCUT2D eigenvalue weighted by atomic mass is 32.2. The minimum Gasteiger partial charge on any atom is -0.467 e. The Bertz CT molecular complexity index is 1230. The summed E-state index contributed by atoms with van der Waals surface area (Å²) in [6, 6.07) is 12.4. The number of furan rings is 1. The van der Waals surface area contributed by atoms with Gasteiger partial charge in [-0.15, -0.1) is 0 Å². The molecule has 154 valence electrons. The van der Waals surface area contributed by atoms with Gasteiger partial charge in [-0.05, 0) is 37.6 Å². The van der Waals surface area contributed by atoms with E-state index in [1.807, 2.05) is 13.0 Å². The van der Waals surface area contributed by atoms with E-state index in [1.54, 1.807) is 54.2 Å². The molecule has 0 saturated carbocycles. The lowest BCUT2D eigenvalue weighted by Gasteiger charge is -2.17.